The van der Waals surface area contributed by atoms with E-state index >= 15 is 0 Å². The van der Waals surface area contributed by atoms with E-state index in [1.54, 1.807) is 23.5 Å². The molecule has 0 saturated carbocycles. The number of pyridine rings is 1. The van der Waals surface area contributed by atoms with E-state index in [-0.39, 0.29) is 18.4 Å². The molecule has 128 valence electrons. The Morgan fingerprint density at radius 1 is 1.20 bits per heavy atom. The van der Waals surface area contributed by atoms with Crippen LogP contribution in [0.5, 0.6) is 0 Å². The number of carbonyl (C=O) groups is 1. The number of imidazole rings is 1. The first-order valence-electron chi connectivity index (χ1n) is 8.49. The van der Waals surface area contributed by atoms with Crippen molar-refractivity contribution >= 4 is 17.1 Å². The molecule has 3 heterocycles. The predicted molar refractivity (Wildman–Crippen MR) is 94.2 cm³/mol. The number of carbonyl (C=O) groups excluding carboxylic acids is 1. The number of amides is 1. The number of aliphatic hydroxyl groups is 1. The Hall–Kier alpha value is -2.73. The number of hydrogen-bond acceptors (Lipinski definition) is 4. The van der Waals surface area contributed by atoms with Gasteiger partial charge in [-0.3, -0.25) is 4.79 Å². The van der Waals surface area contributed by atoms with Crippen molar-refractivity contribution in [1.29, 1.82) is 0 Å². The van der Waals surface area contributed by atoms with Gasteiger partial charge in [-0.25, -0.2) is 9.97 Å². The summed E-state index contributed by atoms with van der Waals surface area (Å²) in [4.78, 5) is 23.0. The molecule has 0 aliphatic carbocycles. The van der Waals surface area contributed by atoms with Crippen LogP contribution in [0, 0.1) is 5.92 Å². The van der Waals surface area contributed by atoms with Crippen LogP contribution in [0.2, 0.25) is 0 Å². The molecule has 0 radical (unpaired) electrons. The van der Waals surface area contributed by atoms with Gasteiger partial charge in [0.2, 0.25) is 0 Å². The monoisotopic (exact) mass is 336 g/mol. The molecule has 6 heteroatoms. The Morgan fingerprint density at radius 3 is 2.76 bits per heavy atom. The Labute approximate surface area is 145 Å². The first-order valence-corrected chi connectivity index (χ1v) is 8.49. The summed E-state index contributed by atoms with van der Waals surface area (Å²) in [6, 6.07) is 12.1. The fraction of sp³-hybridized carbons (Fsp3) is 0.316. The molecular formula is C19H20N4O2. The van der Waals surface area contributed by atoms with Gasteiger partial charge in [-0.1, -0.05) is 30.3 Å². The summed E-state index contributed by atoms with van der Waals surface area (Å²) < 4.78 is 2.02. The number of rotatable bonds is 5. The minimum Gasteiger partial charge on any atom is -0.396 e. The Kier molecular flexibility index (Phi) is 4.19. The highest BCUT2D eigenvalue weighted by Gasteiger charge is 2.30. The maximum atomic E-state index is 12.4. The second-order valence-electron chi connectivity index (χ2n) is 6.50. The summed E-state index contributed by atoms with van der Waals surface area (Å²) in [6.07, 6.45) is 4.31. The van der Waals surface area contributed by atoms with Crippen molar-refractivity contribution in [3.63, 3.8) is 0 Å². The fourth-order valence-electron chi connectivity index (χ4n) is 3.16. The minimum atomic E-state index is -0.0436. The average Bonchev–Trinajstić information content (AvgIpc) is 3.02. The van der Waals surface area contributed by atoms with Crippen molar-refractivity contribution in [3.05, 3.63) is 60.0 Å². The van der Waals surface area contributed by atoms with Gasteiger partial charge in [0, 0.05) is 38.4 Å². The standard InChI is InChI=1S/C19H20N4O2/c24-12-15-10-23(11-15)19(25)16-8-17-18(20-9-16)22(13-21-17)7-6-14-4-2-1-3-5-14/h1-5,8-9,13,15,24H,6-7,10-12H2. The molecule has 0 unspecified atom stereocenters. The molecular weight excluding hydrogens is 316 g/mol. The minimum absolute atomic E-state index is 0.0436. The Morgan fingerprint density at radius 2 is 2.00 bits per heavy atom. The summed E-state index contributed by atoms with van der Waals surface area (Å²) in [5.41, 5.74) is 3.35. The lowest BCUT2D eigenvalue weighted by molar-refractivity contribution is 0.0362. The van der Waals surface area contributed by atoms with Crippen LogP contribution in [0.25, 0.3) is 11.2 Å². The maximum absolute atomic E-state index is 12.4. The van der Waals surface area contributed by atoms with Crippen molar-refractivity contribution in [2.75, 3.05) is 19.7 Å². The third kappa shape index (κ3) is 3.13. The molecule has 3 aromatic rings. The van der Waals surface area contributed by atoms with Crippen LogP contribution in [0.4, 0.5) is 0 Å². The van der Waals surface area contributed by atoms with Gasteiger partial charge in [-0.15, -0.1) is 0 Å². The van der Waals surface area contributed by atoms with Crippen LogP contribution in [-0.4, -0.2) is 50.1 Å². The zero-order valence-electron chi connectivity index (χ0n) is 13.9. The highest BCUT2D eigenvalue weighted by molar-refractivity contribution is 5.96. The van der Waals surface area contributed by atoms with E-state index in [1.807, 2.05) is 22.8 Å². The molecule has 1 aliphatic heterocycles. The summed E-state index contributed by atoms with van der Waals surface area (Å²) in [5.74, 6) is 0.163. The van der Waals surface area contributed by atoms with Crippen molar-refractivity contribution in [1.82, 2.24) is 19.4 Å². The molecule has 1 N–H and O–H groups in total. The van der Waals surface area contributed by atoms with E-state index in [2.05, 4.69) is 22.1 Å². The molecule has 2 aromatic heterocycles. The number of hydrogen-bond donors (Lipinski definition) is 1. The smallest absolute Gasteiger partial charge is 0.255 e. The normalized spacial score (nSPS) is 14.7. The third-order valence-corrected chi connectivity index (χ3v) is 4.69. The van der Waals surface area contributed by atoms with Crippen LogP contribution >= 0.6 is 0 Å². The van der Waals surface area contributed by atoms with E-state index in [1.165, 1.54) is 5.56 Å². The SMILES string of the molecule is O=C(c1cnc2c(c1)ncn2CCc1ccccc1)N1CC(CO)C1. The molecule has 25 heavy (non-hydrogen) atoms. The number of benzene rings is 1. The molecule has 0 bridgehead atoms. The van der Waals surface area contributed by atoms with Gasteiger partial charge >= 0.3 is 0 Å². The lowest BCUT2D eigenvalue weighted by Crippen LogP contribution is -2.51. The number of aromatic nitrogens is 3. The third-order valence-electron chi connectivity index (χ3n) is 4.69. The number of nitrogens with zero attached hydrogens (tertiary/aromatic N) is 4. The Balaban J connectivity index is 1.48. The van der Waals surface area contributed by atoms with Gasteiger partial charge < -0.3 is 14.6 Å². The van der Waals surface area contributed by atoms with Crippen molar-refractivity contribution < 1.29 is 9.90 Å². The molecule has 0 atom stereocenters. The van der Waals surface area contributed by atoms with Crippen LogP contribution in [0.15, 0.2) is 48.9 Å². The predicted octanol–water partition coefficient (Wildman–Crippen LogP) is 1.74. The summed E-state index contributed by atoms with van der Waals surface area (Å²) in [6.45, 7) is 2.15. The lowest BCUT2D eigenvalue weighted by Gasteiger charge is -2.38. The molecule has 0 spiro atoms. The highest BCUT2D eigenvalue weighted by Crippen LogP contribution is 2.20. The quantitative estimate of drug-likeness (QED) is 0.770. The number of aliphatic hydroxyl groups excluding tert-OH is 1. The molecule has 1 saturated heterocycles. The molecule has 1 amide bonds. The van der Waals surface area contributed by atoms with Gasteiger partial charge in [0.25, 0.3) is 5.91 Å². The van der Waals surface area contributed by atoms with Crippen molar-refractivity contribution in [2.24, 2.45) is 5.92 Å². The van der Waals surface area contributed by atoms with Gasteiger partial charge in [0.15, 0.2) is 5.65 Å². The van der Waals surface area contributed by atoms with E-state index in [0.717, 1.165) is 24.1 Å². The van der Waals surface area contributed by atoms with Crippen molar-refractivity contribution in [2.45, 2.75) is 13.0 Å². The second kappa shape index (κ2) is 6.64. The number of likely N-dealkylation sites (tertiary alicyclic amines) is 1. The van der Waals surface area contributed by atoms with Crippen LogP contribution in [-0.2, 0) is 13.0 Å². The molecule has 1 aliphatic rings. The zero-order chi connectivity index (χ0) is 17.2. The highest BCUT2D eigenvalue weighted by atomic mass is 16.3. The zero-order valence-corrected chi connectivity index (χ0v) is 13.9. The van der Waals surface area contributed by atoms with E-state index < -0.39 is 0 Å². The van der Waals surface area contributed by atoms with Gasteiger partial charge in [-0.05, 0) is 18.1 Å². The largest absolute Gasteiger partial charge is 0.396 e. The van der Waals surface area contributed by atoms with E-state index in [0.29, 0.717) is 18.7 Å². The molecule has 1 aromatic carbocycles. The second-order valence-corrected chi connectivity index (χ2v) is 6.50. The Bertz CT molecular complexity index is 885. The summed E-state index contributed by atoms with van der Waals surface area (Å²) in [5, 5.41) is 9.07. The fourth-order valence-corrected chi connectivity index (χ4v) is 3.16. The van der Waals surface area contributed by atoms with Crippen LogP contribution in [0.3, 0.4) is 0 Å². The first-order chi connectivity index (χ1) is 12.2. The van der Waals surface area contributed by atoms with Crippen LogP contribution in [0.1, 0.15) is 15.9 Å². The van der Waals surface area contributed by atoms with E-state index in [4.69, 9.17) is 5.11 Å². The summed E-state index contributed by atoms with van der Waals surface area (Å²) in [7, 11) is 0. The van der Waals surface area contributed by atoms with Crippen LogP contribution < -0.4 is 0 Å². The number of fused-ring (bicyclic) bond motifs is 1. The number of aryl methyl sites for hydroxylation is 2. The van der Waals surface area contributed by atoms with Gasteiger partial charge in [0.1, 0.15) is 5.52 Å². The molecule has 6 nitrogen and oxygen atoms in total. The lowest BCUT2D eigenvalue weighted by atomic mass is 10.0. The first kappa shape index (κ1) is 15.8. The van der Waals surface area contributed by atoms with Gasteiger partial charge in [0.05, 0.1) is 11.9 Å². The topological polar surface area (TPSA) is 71.2 Å². The van der Waals surface area contributed by atoms with Gasteiger partial charge in [-0.2, -0.15) is 0 Å². The molecule has 1 fully saturated rings. The van der Waals surface area contributed by atoms with E-state index in [9.17, 15) is 4.79 Å². The molecule has 4 rings (SSSR count). The maximum Gasteiger partial charge on any atom is 0.255 e. The van der Waals surface area contributed by atoms with Crippen molar-refractivity contribution in [3.8, 4) is 0 Å². The average molecular weight is 336 g/mol. The summed E-state index contributed by atoms with van der Waals surface area (Å²) >= 11 is 0.